The van der Waals surface area contributed by atoms with Gasteiger partial charge in [-0.25, -0.2) is 33.7 Å². The summed E-state index contributed by atoms with van der Waals surface area (Å²) >= 11 is 0. The number of nitrogens with one attached hydrogen (secondary N) is 1. The summed E-state index contributed by atoms with van der Waals surface area (Å²) in [5.41, 5.74) is 9.37. The van der Waals surface area contributed by atoms with Gasteiger partial charge < -0.3 is 15.6 Å². The van der Waals surface area contributed by atoms with Crippen LogP contribution in [-0.4, -0.2) is 69.8 Å². The molecule has 360 valence electrons. The van der Waals surface area contributed by atoms with Gasteiger partial charge in [0.15, 0.2) is 0 Å². The van der Waals surface area contributed by atoms with Gasteiger partial charge in [-0.05, 0) is 38.6 Å². The van der Waals surface area contributed by atoms with E-state index in [-0.39, 0.29) is 43.3 Å². The van der Waals surface area contributed by atoms with Crippen LogP contribution in [0.25, 0.3) is 4.13 Å². The van der Waals surface area contributed by atoms with Gasteiger partial charge in [-0.2, -0.15) is 0 Å². The molecule has 0 radical (unpaired) electrons. The van der Waals surface area contributed by atoms with E-state index in [0.717, 1.165) is 13.1 Å². The second-order valence-corrected chi connectivity index (χ2v) is 24.0. The molecular formula is C43H96N4O8S4. The molecule has 2 aliphatic heterocycles. The molecule has 12 nitrogen and oxygen atoms in total. The van der Waals surface area contributed by atoms with E-state index in [1.54, 1.807) is 4.13 Å². The minimum atomic E-state index is -3.65. The lowest BCUT2D eigenvalue weighted by atomic mass is 10.0. The fraction of sp³-hybridized carbons (Fsp3) is 1.00. The average Bonchev–Trinajstić information content (AvgIpc) is 3.14. The molecule has 2 aliphatic rings. The number of nitrogens with zero attached hydrogens (tertiary/aromatic N) is 1. The van der Waals surface area contributed by atoms with E-state index < -0.39 is 40.1 Å². The fourth-order valence-corrected chi connectivity index (χ4v) is 13.4. The maximum atomic E-state index is 10.6. The summed E-state index contributed by atoms with van der Waals surface area (Å²) in [5, 5.41) is 0. The average molecular weight is 926 g/mol. The van der Waals surface area contributed by atoms with Gasteiger partial charge in [0.05, 0.1) is 38.1 Å². The van der Waals surface area contributed by atoms with E-state index in [2.05, 4.69) is 23.7 Å². The third-order valence-electron chi connectivity index (χ3n) is 10.3. The summed E-state index contributed by atoms with van der Waals surface area (Å²) in [6, 6.07) is 0. The molecule has 0 atom stereocenters. The largest absolute Gasteiger partial charge is 0.436 e. The van der Waals surface area contributed by atoms with Crippen LogP contribution >= 0.6 is 0 Å². The van der Waals surface area contributed by atoms with Crippen LogP contribution in [0.15, 0.2) is 0 Å². The highest BCUT2D eigenvalue weighted by atomic mass is 32.3. The van der Waals surface area contributed by atoms with E-state index in [1.165, 1.54) is 205 Å². The van der Waals surface area contributed by atoms with Crippen LogP contribution in [0.1, 0.15) is 240 Å². The molecule has 6 N–H and O–H groups in total. The number of unbranched alkanes of at least 4 members (excludes halogenated alkanes) is 30. The van der Waals surface area contributed by atoms with Crippen molar-refractivity contribution in [3.63, 3.8) is 0 Å². The number of rotatable bonds is 32. The first-order valence-corrected chi connectivity index (χ1v) is 30.1. The first kappa shape index (κ1) is 62.9. The third kappa shape index (κ3) is 50.2. The predicted molar refractivity (Wildman–Crippen MR) is 254 cm³/mol. The van der Waals surface area contributed by atoms with Gasteiger partial charge in [0.25, 0.3) is 0 Å². The molecule has 2 heterocycles. The van der Waals surface area contributed by atoms with Gasteiger partial charge in [0.2, 0.25) is 20.0 Å². The van der Waals surface area contributed by atoms with Crippen molar-refractivity contribution in [3.05, 3.63) is 4.13 Å². The van der Waals surface area contributed by atoms with Crippen LogP contribution in [-0.2, 0) is 40.1 Å². The number of quaternary nitrogens is 1. The Labute approximate surface area is 367 Å². The number of sulfonamides is 4. The number of hydrogen-bond acceptors (Lipinski definition) is 9. The Morgan fingerprint density at radius 3 is 0.831 bits per heavy atom. The molecule has 0 aromatic rings. The van der Waals surface area contributed by atoms with E-state index in [0.29, 0.717) is 0 Å². The molecule has 0 amide bonds. The molecule has 2 saturated heterocycles. The quantitative estimate of drug-likeness (QED) is 0.0546. The maximum Gasteiger partial charge on any atom is 0.224 e. The Balaban J connectivity index is -0.000000733. The third-order valence-corrected chi connectivity index (χ3v) is 17.4. The molecule has 2 rings (SSSR count). The highest BCUT2D eigenvalue weighted by Crippen LogP contribution is 2.19. The zero-order valence-electron chi connectivity index (χ0n) is 37.4. The molecule has 0 spiro atoms. The van der Waals surface area contributed by atoms with Crippen molar-refractivity contribution in [1.29, 1.82) is 0 Å². The van der Waals surface area contributed by atoms with E-state index >= 15 is 0 Å². The van der Waals surface area contributed by atoms with Crippen LogP contribution in [0.5, 0.6) is 0 Å². The van der Waals surface area contributed by atoms with Gasteiger partial charge >= 0.3 is 0 Å². The Kier molecular flexibility index (Phi) is 45.8. The minimum absolute atomic E-state index is 0. The standard InChI is InChI=1S/2C18H39N.C3H7NO4S2.C3H6NO4S2.CH4/c2*1-2-3-4-5-6-7-8-9-10-11-12-13-14-15-16-17-18-19;2*5-9(6)2-1-3-10(7,8)4-9;/h2*2-19H2,1H3;4H,1-3H2;1-3H2;1H4/q;;;-1;/p+1. The molecule has 0 aliphatic carbocycles. The number of nitrogens with two attached hydrogens (primary N) is 1. The molecular weight excluding hydrogens is 829 g/mol. The monoisotopic (exact) mass is 925 g/mol. The van der Waals surface area contributed by atoms with Gasteiger partial charge in [0, 0.05) is 11.5 Å². The van der Waals surface area contributed by atoms with Gasteiger partial charge in [-0.3, -0.25) is 0 Å². The highest BCUT2D eigenvalue weighted by Gasteiger charge is 2.25. The lowest BCUT2D eigenvalue weighted by Crippen LogP contribution is -2.50. The highest BCUT2D eigenvalue weighted by molar-refractivity contribution is 8.12. The van der Waals surface area contributed by atoms with Crippen molar-refractivity contribution in [2.45, 2.75) is 240 Å². The van der Waals surface area contributed by atoms with E-state index in [4.69, 9.17) is 5.73 Å². The summed E-state index contributed by atoms with van der Waals surface area (Å²) in [6.45, 7) is 6.58. The summed E-state index contributed by atoms with van der Waals surface area (Å²) in [7, 11) is -14.4. The van der Waals surface area contributed by atoms with Crippen LogP contribution in [0, 0.1) is 0 Å². The Hall–Kier alpha value is -0.360. The van der Waals surface area contributed by atoms with E-state index in [9.17, 15) is 33.7 Å². The summed E-state index contributed by atoms with van der Waals surface area (Å²) in [4.78, 5) is 0. The first-order valence-electron chi connectivity index (χ1n) is 23.6. The Morgan fingerprint density at radius 2 is 0.644 bits per heavy atom. The summed E-state index contributed by atoms with van der Waals surface area (Å²) in [5.74, 6) is -0.475. The maximum absolute atomic E-state index is 10.6. The SMILES string of the molecule is C.CCCCCCCCCCCCCCCCCCN.CCCCCCCCCCCCCCCCCC[NH3+].O=S1(=O)CCCS(=O)(=O)N1.O=S1(=O)CCCS(=O)(=O)[N-]1. The molecule has 0 bridgehead atoms. The fourth-order valence-electron chi connectivity index (χ4n) is 6.80. The predicted octanol–water partition coefficient (Wildman–Crippen LogP) is 10.4. The van der Waals surface area contributed by atoms with Crippen molar-refractivity contribution in [2.75, 3.05) is 36.1 Å². The Bertz CT molecular complexity index is 1130. The van der Waals surface area contributed by atoms with Gasteiger partial charge in [-0.15, -0.1) is 4.13 Å². The van der Waals surface area contributed by atoms with Crippen LogP contribution in [0.2, 0.25) is 0 Å². The molecule has 0 aromatic heterocycles. The molecule has 59 heavy (non-hydrogen) atoms. The van der Waals surface area contributed by atoms with Crippen LogP contribution in [0.4, 0.5) is 0 Å². The summed E-state index contributed by atoms with van der Waals surface area (Å²) in [6.07, 6.45) is 46.4. The van der Waals surface area contributed by atoms with Gasteiger partial charge in [0.1, 0.15) is 0 Å². The summed E-state index contributed by atoms with van der Waals surface area (Å²) < 4.78 is 88.7. The smallest absolute Gasteiger partial charge is 0.224 e. The van der Waals surface area contributed by atoms with Gasteiger partial charge in [-0.1, -0.05) is 207 Å². The second kappa shape index (κ2) is 42.9. The zero-order chi connectivity index (χ0) is 43.7. The molecule has 16 heteroatoms. The Morgan fingerprint density at radius 1 is 0.407 bits per heavy atom. The molecule has 0 unspecified atom stereocenters. The van der Waals surface area contributed by atoms with Crippen LogP contribution < -0.4 is 15.6 Å². The van der Waals surface area contributed by atoms with E-state index in [1.807, 2.05) is 0 Å². The minimum Gasteiger partial charge on any atom is -0.436 e. The normalized spacial score (nSPS) is 17.2. The van der Waals surface area contributed by atoms with Crippen molar-refractivity contribution in [3.8, 4) is 0 Å². The van der Waals surface area contributed by atoms with Crippen molar-refractivity contribution in [1.82, 2.24) is 4.13 Å². The second-order valence-electron chi connectivity index (χ2n) is 16.3. The van der Waals surface area contributed by atoms with Crippen LogP contribution in [0.3, 0.4) is 0 Å². The van der Waals surface area contributed by atoms with Crippen molar-refractivity contribution < 1.29 is 39.4 Å². The topological polar surface area (TPSA) is 216 Å². The zero-order valence-corrected chi connectivity index (χ0v) is 40.7. The molecule has 0 aromatic carbocycles. The molecule has 2 fully saturated rings. The van der Waals surface area contributed by atoms with Crippen molar-refractivity contribution in [2.24, 2.45) is 5.73 Å². The van der Waals surface area contributed by atoms with Crippen molar-refractivity contribution >= 4 is 40.1 Å². The number of hydrogen-bond donors (Lipinski definition) is 3. The lowest BCUT2D eigenvalue weighted by molar-refractivity contribution is -0.368. The lowest BCUT2D eigenvalue weighted by Gasteiger charge is -2.25. The molecule has 0 saturated carbocycles. The first-order chi connectivity index (χ1) is 27.7.